The van der Waals surface area contributed by atoms with Gasteiger partial charge < -0.3 is 24.8 Å². The van der Waals surface area contributed by atoms with E-state index in [9.17, 15) is 18.0 Å². The van der Waals surface area contributed by atoms with E-state index in [1.807, 2.05) is 36.1 Å². The summed E-state index contributed by atoms with van der Waals surface area (Å²) in [5.74, 6) is -0.448. The van der Waals surface area contributed by atoms with Crippen molar-refractivity contribution < 1.29 is 37.3 Å². The zero-order valence-electron chi connectivity index (χ0n) is 19.2. The summed E-state index contributed by atoms with van der Waals surface area (Å²) in [4.78, 5) is 35.0. The standard InChI is InChI=1S/C20H25N5O3.C2HF3O2/c1-3-16-20(26)25(12-14-4-6-15(27-2)7-5-14)17-18(23-16)21-13-22-19(17)24-8-10-28-11-9-24;3-2(4,5)1(6)7/h4-7,13,16H,3,8-12H2,1-2H3,(H,21,22,23);(H,6,7). The SMILES string of the molecule is CCC1Nc2ncnc(N3CCOCC3)c2N(Cc2ccc(OC)cc2)C1=O.O=C(O)C(F)(F)F. The minimum atomic E-state index is -5.08. The van der Waals surface area contributed by atoms with Crippen molar-refractivity contribution in [2.45, 2.75) is 32.1 Å². The van der Waals surface area contributed by atoms with E-state index in [0.717, 1.165) is 35.9 Å². The molecule has 0 bridgehead atoms. The minimum Gasteiger partial charge on any atom is -0.497 e. The molecule has 0 radical (unpaired) electrons. The van der Waals surface area contributed by atoms with E-state index in [1.165, 1.54) is 0 Å². The number of aliphatic carboxylic acids is 1. The van der Waals surface area contributed by atoms with Crippen LogP contribution >= 0.6 is 0 Å². The number of morpholine rings is 1. The fourth-order valence-corrected chi connectivity index (χ4v) is 3.60. The van der Waals surface area contributed by atoms with Gasteiger partial charge in [0.1, 0.15) is 23.8 Å². The molecule has 2 N–H and O–H groups in total. The highest BCUT2D eigenvalue weighted by Crippen LogP contribution is 2.39. The van der Waals surface area contributed by atoms with Gasteiger partial charge in [0, 0.05) is 13.1 Å². The van der Waals surface area contributed by atoms with Crippen molar-refractivity contribution in [1.82, 2.24) is 9.97 Å². The van der Waals surface area contributed by atoms with Crippen LogP contribution in [0.4, 0.5) is 30.5 Å². The van der Waals surface area contributed by atoms with E-state index in [2.05, 4.69) is 20.2 Å². The molecule has 10 nitrogen and oxygen atoms in total. The van der Waals surface area contributed by atoms with Crippen molar-refractivity contribution >= 4 is 29.2 Å². The molecular weight excluding hydrogens is 471 g/mol. The first-order chi connectivity index (χ1) is 16.7. The summed E-state index contributed by atoms with van der Waals surface area (Å²) >= 11 is 0. The van der Waals surface area contributed by atoms with Gasteiger partial charge in [-0.3, -0.25) is 9.69 Å². The number of amides is 1. The largest absolute Gasteiger partial charge is 0.497 e. The van der Waals surface area contributed by atoms with E-state index in [-0.39, 0.29) is 11.9 Å². The van der Waals surface area contributed by atoms with Gasteiger partial charge in [-0.25, -0.2) is 14.8 Å². The van der Waals surface area contributed by atoms with Gasteiger partial charge >= 0.3 is 12.1 Å². The van der Waals surface area contributed by atoms with E-state index in [0.29, 0.717) is 32.0 Å². The Morgan fingerprint density at radius 2 is 1.86 bits per heavy atom. The summed E-state index contributed by atoms with van der Waals surface area (Å²) in [7, 11) is 1.64. The molecule has 1 aromatic heterocycles. The number of carbonyl (C=O) groups excluding carboxylic acids is 1. The number of alkyl halides is 3. The second-order valence-corrected chi connectivity index (χ2v) is 7.67. The number of nitrogens with one attached hydrogen (secondary N) is 1. The molecule has 0 aliphatic carbocycles. The topological polar surface area (TPSA) is 117 Å². The Hall–Kier alpha value is -3.61. The summed E-state index contributed by atoms with van der Waals surface area (Å²) in [6.07, 6.45) is -2.83. The van der Waals surface area contributed by atoms with Crippen LogP contribution in [0.5, 0.6) is 5.75 Å². The highest BCUT2D eigenvalue weighted by molar-refractivity contribution is 6.06. The molecule has 4 rings (SSSR count). The first-order valence-electron chi connectivity index (χ1n) is 10.8. The molecular formula is C22H26F3N5O5. The van der Waals surface area contributed by atoms with Gasteiger partial charge in [-0.05, 0) is 24.1 Å². The molecule has 35 heavy (non-hydrogen) atoms. The molecule has 190 valence electrons. The van der Waals surface area contributed by atoms with Crippen LogP contribution in [-0.4, -0.2) is 72.6 Å². The Labute approximate surface area is 199 Å². The summed E-state index contributed by atoms with van der Waals surface area (Å²) in [6, 6.07) is 7.48. The molecule has 13 heteroatoms. The summed E-state index contributed by atoms with van der Waals surface area (Å²) in [6.45, 7) is 5.23. The lowest BCUT2D eigenvalue weighted by Crippen LogP contribution is -2.48. The van der Waals surface area contributed by atoms with Crippen molar-refractivity contribution in [1.29, 1.82) is 0 Å². The Morgan fingerprint density at radius 3 is 2.40 bits per heavy atom. The third-order valence-electron chi connectivity index (χ3n) is 5.41. The maximum Gasteiger partial charge on any atom is 0.490 e. The van der Waals surface area contributed by atoms with Crippen molar-refractivity contribution in [2.75, 3.05) is 48.5 Å². The highest BCUT2D eigenvalue weighted by Gasteiger charge is 2.38. The second kappa shape index (κ2) is 11.2. The molecule has 1 amide bonds. The number of benzene rings is 1. The Balaban J connectivity index is 0.000000429. The van der Waals surface area contributed by atoms with Crippen molar-refractivity contribution in [3.63, 3.8) is 0 Å². The maximum atomic E-state index is 13.2. The van der Waals surface area contributed by atoms with Gasteiger partial charge in [0.2, 0.25) is 5.91 Å². The van der Waals surface area contributed by atoms with Gasteiger partial charge in [0.05, 0.1) is 26.9 Å². The molecule has 1 aromatic carbocycles. The number of hydrogen-bond donors (Lipinski definition) is 2. The predicted molar refractivity (Wildman–Crippen MR) is 121 cm³/mol. The van der Waals surface area contributed by atoms with E-state index in [1.54, 1.807) is 13.4 Å². The monoisotopic (exact) mass is 497 g/mol. The molecule has 3 heterocycles. The average Bonchev–Trinajstić information content (AvgIpc) is 2.86. The number of halogens is 3. The molecule has 1 saturated heterocycles. The van der Waals surface area contributed by atoms with Gasteiger partial charge in [0.25, 0.3) is 0 Å². The molecule has 1 atom stereocenters. The molecule has 2 aliphatic heterocycles. The van der Waals surface area contributed by atoms with Gasteiger partial charge in [-0.15, -0.1) is 0 Å². The first kappa shape index (κ1) is 26.0. The number of carbonyl (C=O) groups is 2. The van der Waals surface area contributed by atoms with Gasteiger partial charge in [0.15, 0.2) is 11.6 Å². The van der Waals surface area contributed by atoms with Crippen molar-refractivity contribution in [2.24, 2.45) is 0 Å². The zero-order chi connectivity index (χ0) is 25.6. The number of ether oxygens (including phenoxy) is 2. The highest BCUT2D eigenvalue weighted by atomic mass is 19.4. The van der Waals surface area contributed by atoms with Gasteiger partial charge in [-0.1, -0.05) is 19.1 Å². The number of carboxylic acids is 1. The van der Waals surface area contributed by atoms with Crippen LogP contribution in [0.3, 0.4) is 0 Å². The fraction of sp³-hybridized carbons (Fsp3) is 0.455. The third-order valence-corrected chi connectivity index (χ3v) is 5.41. The average molecular weight is 497 g/mol. The summed E-state index contributed by atoms with van der Waals surface area (Å²) in [5, 5.41) is 10.4. The number of aromatic nitrogens is 2. The number of anilines is 3. The van der Waals surface area contributed by atoms with Crippen LogP contribution in [0.15, 0.2) is 30.6 Å². The fourth-order valence-electron chi connectivity index (χ4n) is 3.60. The number of methoxy groups -OCH3 is 1. The third kappa shape index (κ3) is 6.29. The Kier molecular flexibility index (Phi) is 8.33. The minimum absolute atomic E-state index is 0.0372. The zero-order valence-corrected chi connectivity index (χ0v) is 19.2. The molecule has 2 aromatic rings. The smallest absolute Gasteiger partial charge is 0.490 e. The van der Waals surface area contributed by atoms with Gasteiger partial charge in [-0.2, -0.15) is 13.2 Å². The summed E-state index contributed by atoms with van der Waals surface area (Å²) in [5.41, 5.74) is 1.77. The molecule has 0 saturated carbocycles. The van der Waals surface area contributed by atoms with Crippen LogP contribution < -0.4 is 19.9 Å². The second-order valence-electron chi connectivity index (χ2n) is 7.67. The molecule has 0 spiro atoms. The Morgan fingerprint density at radius 1 is 1.23 bits per heavy atom. The van der Waals surface area contributed by atoms with Crippen molar-refractivity contribution in [3.8, 4) is 5.75 Å². The first-order valence-corrected chi connectivity index (χ1v) is 10.8. The van der Waals surface area contributed by atoms with E-state index in [4.69, 9.17) is 19.4 Å². The predicted octanol–water partition coefficient (Wildman–Crippen LogP) is 2.69. The van der Waals surface area contributed by atoms with Crippen LogP contribution in [0.2, 0.25) is 0 Å². The number of fused-ring (bicyclic) bond motifs is 1. The normalized spacial score (nSPS) is 17.6. The van der Waals surface area contributed by atoms with Crippen LogP contribution in [-0.2, 0) is 20.9 Å². The lowest BCUT2D eigenvalue weighted by molar-refractivity contribution is -0.192. The van der Waals surface area contributed by atoms with Crippen LogP contribution in [0, 0.1) is 0 Å². The number of hydrogen-bond acceptors (Lipinski definition) is 8. The molecule has 1 unspecified atom stereocenters. The summed E-state index contributed by atoms with van der Waals surface area (Å²) < 4.78 is 42.4. The maximum absolute atomic E-state index is 13.2. The van der Waals surface area contributed by atoms with Crippen LogP contribution in [0.1, 0.15) is 18.9 Å². The quantitative estimate of drug-likeness (QED) is 0.643. The van der Waals surface area contributed by atoms with E-state index >= 15 is 0 Å². The lowest BCUT2D eigenvalue weighted by Gasteiger charge is -2.38. The molecule has 1 fully saturated rings. The number of rotatable bonds is 5. The van der Waals surface area contributed by atoms with Crippen molar-refractivity contribution in [3.05, 3.63) is 36.2 Å². The molecule has 2 aliphatic rings. The number of nitrogens with zero attached hydrogens (tertiary/aromatic N) is 4. The number of carboxylic acid groups (broad SMARTS) is 1. The lowest BCUT2D eigenvalue weighted by atomic mass is 10.1. The van der Waals surface area contributed by atoms with E-state index < -0.39 is 12.1 Å². The van der Waals surface area contributed by atoms with Crippen LogP contribution in [0.25, 0.3) is 0 Å². The Bertz CT molecular complexity index is 1030.